The van der Waals surface area contributed by atoms with Crippen LogP contribution in [0.4, 0.5) is 10.1 Å². The molecule has 1 rings (SSSR count). The van der Waals surface area contributed by atoms with Crippen molar-refractivity contribution in [1.82, 2.24) is 0 Å². The highest BCUT2D eigenvalue weighted by Crippen LogP contribution is 2.17. The molecule has 1 unspecified atom stereocenters. The van der Waals surface area contributed by atoms with Gasteiger partial charge in [-0.25, -0.2) is 4.39 Å². The first-order valence-electron chi connectivity index (χ1n) is 5.37. The minimum Gasteiger partial charge on any atom is -0.379 e. The Labute approximate surface area is 95.1 Å². The third-order valence-corrected chi connectivity index (χ3v) is 2.38. The topological polar surface area (TPSA) is 61.8 Å². The van der Waals surface area contributed by atoms with Crippen molar-refractivity contribution in [3.8, 4) is 6.07 Å². The zero-order chi connectivity index (χ0) is 12.0. The third-order valence-electron chi connectivity index (χ3n) is 2.38. The Hall–Kier alpha value is -1.60. The van der Waals surface area contributed by atoms with E-state index in [9.17, 15) is 4.39 Å². The maximum absolute atomic E-state index is 13.5. The van der Waals surface area contributed by atoms with Crippen LogP contribution in [0, 0.1) is 17.1 Å². The van der Waals surface area contributed by atoms with Gasteiger partial charge in [-0.1, -0.05) is 13.3 Å². The van der Waals surface area contributed by atoms with Gasteiger partial charge in [0.05, 0.1) is 17.3 Å². The molecule has 0 fully saturated rings. The van der Waals surface area contributed by atoms with Crippen molar-refractivity contribution in [2.45, 2.75) is 25.8 Å². The van der Waals surface area contributed by atoms with Crippen LogP contribution >= 0.6 is 0 Å². The predicted molar refractivity (Wildman–Crippen MR) is 62.5 cm³/mol. The molecule has 0 aromatic heterocycles. The molecule has 0 bridgehead atoms. The highest BCUT2D eigenvalue weighted by atomic mass is 19.1. The Morgan fingerprint density at radius 1 is 1.56 bits per heavy atom. The highest BCUT2D eigenvalue weighted by Gasteiger charge is 2.09. The lowest BCUT2D eigenvalue weighted by Gasteiger charge is -2.17. The Morgan fingerprint density at radius 3 is 2.81 bits per heavy atom. The van der Waals surface area contributed by atoms with Crippen LogP contribution in [0.5, 0.6) is 0 Å². The van der Waals surface area contributed by atoms with E-state index in [0.717, 1.165) is 12.8 Å². The first kappa shape index (κ1) is 12.5. The summed E-state index contributed by atoms with van der Waals surface area (Å²) in [5.41, 5.74) is 6.30. The summed E-state index contributed by atoms with van der Waals surface area (Å²) in [5.74, 6) is -0.409. The lowest BCUT2D eigenvalue weighted by Crippen LogP contribution is -2.28. The molecule has 0 spiro atoms. The molecule has 0 saturated heterocycles. The van der Waals surface area contributed by atoms with Crippen molar-refractivity contribution >= 4 is 5.69 Å². The molecule has 0 aliphatic heterocycles. The molecular formula is C12H16FN3. The molecule has 0 amide bonds. The van der Waals surface area contributed by atoms with Crippen molar-refractivity contribution in [2.24, 2.45) is 5.73 Å². The summed E-state index contributed by atoms with van der Waals surface area (Å²) < 4.78 is 13.5. The zero-order valence-corrected chi connectivity index (χ0v) is 9.33. The van der Waals surface area contributed by atoms with Crippen molar-refractivity contribution in [3.63, 3.8) is 0 Å². The third kappa shape index (κ3) is 3.21. The molecule has 3 nitrogen and oxygen atoms in total. The largest absolute Gasteiger partial charge is 0.379 e. The normalized spacial score (nSPS) is 11.9. The fraction of sp³-hybridized carbons (Fsp3) is 0.417. The standard InChI is InChI=1S/C12H16FN3/c1-2-3-10(8-15)16-12-5-4-9(7-14)6-11(12)13/h4-6,10,16H,2-3,8,15H2,1H3. The minimum atomic E-state index is -0.409. The van der Waals surface area contributed by atoms with E-state index >= 15 is 0 Å². The molecule has 3 N–H and O–H groups in total. The molecule has 0 saturated carbocycles. The van der Waals surface area contributed by atoms with Gasteiger partial charge in [0.2, 0.25) is 0 Å². The molecule has 0 aliphatic rings. The van der Waals surface area contributed by atoms with Crippen LogP contribution in [-0.2, 0) is 0 Å². The van der Waals surface area contributed by atoms with Crippen LogP contribution in [0.1, 0.15) is 25.3 Å². The lowest BCUT2D eigenvalue weighted by molar-refractivity contribution is 0.610. The summed E-state index contributed by atoms with van der Waals surface area (Å²) in [7, 11) is 0. The highest BCUT2D eigenvalue weighted by molar-refractivity contribution is 5.49. The fourth-order valence-corrected chi connectivity index (χ4v) is 1.52. The number of benzene rings is 1. The summed E-state index contributed by atoms with van der Waals surface area (Å²) in [4.78, 5) is 0. The van der Waals surface area contributed by atoms with Gasteiger partial charge in [0.1, 0.15) is 5.82 Å². The van der Waals surface area contributed by atoms with Crippen molar-refractivity contribution in [1.29, 1.82) is 5.26 Å². The van der Waals surface area contributed by atoms with Crippen LogP contribution in [-0.4, -0.2) is 12.6 Å². The van der Waals surface area contributed by atoms with Gasteiger partial charge in [-0.3, -0.25) is 0 Å². The zero-order valence-electron chi connectivity index (χ0n) is 9.33. The summed E-state index contributed by atoms with van der Waals surface area (Å²) in [6.45, 7) is 2.52. The summed E-state index contributed by atoms with van der Waals surface area (Å²) in [6.07, 6.45) is 1.89. The number of hydrogen-bond acceptors (Lipinski definition) is 3. The molecule has 0 radical (unpaired) electrons. The second kappa shape index (κ2) is 6.09. The second-order valence-electron chi connectivity index (χ2n) is 3.67. The average molecular weight is 221 g/mol. The number of hydrogen-bond donors (Lipinski definition) is 2. The first-order valence-corrected chi connectivity index (χ1v) is 5.37. The Balaban J connectivity index is 2.77. The van der Waals surface area contributed by atoms with Crippen molar-refractivity contribution < 1.29 is 4.39 Å². The summed E-state index contributed by atoms with van der Waals surface area (Å²) in [6, 6.07) is 6.36. The van der Waals surface area contributed by atoms with E-state index in [1.54, 1.807) is 12.1 Å². The Morgan fingerprint density at radius 2 is 2.31 bits per heavy atom. The Bertz CT molecular complexity index is 384. The second-order valence-corrected chi connectivity index (χ2v) is 3.67. The van der Waals surface area contributed by atoms with E-state index in [1.807, 2.05) is 6.07 Å². The molecule has 86 valence electrons. The van der Waals surface area contributed by atoms with Crippen molar-refractivity contribution in [3.05, 3.63) is 29.6 Å². The van der Waals surface area contributed by atoms with E-state index in [0.29, 0.717) is 17.8 Å². The minimum absolute atomic E-state index is 0.0763. The van der Waals surface area contributed by atoms with Crippen LogP contribution in [0.15, 0.2) is 18.2 Å². The number of rotatable bonds is 5. The lowest BCUT2D eigenvalue weighted by atomic mass is 10.1. The van der Waals surface area contributed by atoms with E-state index < -0.39 is 5.82 Å². The molecule has 1 aromatic rings. The van der Waals surface area contributed by atoms with E-state index in [-0.39, 0.29) is 6.04 Å². The predicted octanol–water partition coefficient (Wildman–Crippen LogP) is 2.24. The molecule has 16 heavy (non-hydrogen) atoms. The van der Waals surface area contributed by atoms with Gasteiger partial charge in [-0.2, -0.15) is 5.26 Å². The molecular weight excluding hydrogens is 205 g/mol. The van der Waals surface area contributed by atoms with Crippen molar-refractivity contribution in [2.75, 3.05) is 11.9 Å². The van der Waals surface area contributed by atoms with Gasteiger partial charge in [0.25, 0.3) is 0 Å². The number of nitrogens with one attached hydrogen (secondary N) is 1. The van der Waals surface area contributed by atoms with E-state index in [4.69, 9.17) is 11.0 Å². The van der Waals surface area contributed by atoms with Gasteiger partial charge in [0.15, 0.2) is 0 Å². The molecule has 1 atom stereocenters. The smallest absolute Gasteiger partial charge is 0.147 e. The van der Waals surface area contributed by atoms with E-state index in [1.165, 1.54) is 6.07 Å². The van der Waals surface area contributed by atoms with Crippen LogP contribution in [0.2, 0.25) is 0 Å². The number of nitrogens with two attached hydrogens (primary N) is 1. The van der Waals surface area contributed by atoms with Gasteiger partial charge in [0, 0.05) is 12.6 Å². The Kier molecular flexibility index (Phi) is 4.74. The maximum Gasteiger partial charge on any atom is 0.147 e. The van der Waals surface area contributed by atoms with Gasteiger partial charge < -0.3 is 11.1 Å². The van der Waals surface area contributed by atoms with Gasteiger partial charge >= 0.3 is 0 Å². The number of anilines is 1. The number of halogens is 1. The first-order chi connectivity index (χ1) is 7.71. The quantitative estimate of drug-likeness (QED) is 0.801. The number of nitrogens with zero attached hydrogens (tertiary/aromatic N) is 1. The fourth-order valence-electron chi connectivity index (χ4n) is 1.52. The van der Waals surface area contributed by atoms with Gasteiger partial charge in [-0.15, -0.1) is 0 Å². The van der Waals surface area contributed by atoms with Crippen LogP contribution < -0.4 is 11.1 Å². The maximum atomic E-state index is 13.5. The number of nitriles is 1. The molecule has 4 heteroatoms. The summed E-state index contributed by atoms with van der Waals surface area (Å²) >= 11 is 0. The monoisotopic (exact) mass is 221 g/mol. The SMILES string of the molecule is CCCC(CN)Nc1ccc(C#N)cc1F. The average Bonchev–Trinajstić information content (AvgIpc) is 2.30. The molecule has 1 aromatic carbocycles. The van der Waals surface area contributed by atoms with Crippen LogP contribution in [0.25, 0.3) is 0 Å². The van der Waals surface area contributed by atoms with E-state index in [2.05, 4.69) is 12.2 Å². The van der Waals surface area contributed by atoms with Crippen LogP contribution in [0.3, 0.4) is 0 Å². The molecule has 0 aliphatic carbocycles. The van der Waals surface area contributed by atoms with Gasteiger partial charge in [-0.05, 0) is 24.6 Å². The summed E-state index contributed by atoms with van der Waals surface area (Å²) in [5, 5.41) is 11.6. The molecule has 0 heterocycles.